The Labute approximate surface area is 111 Å². The summed E-state index contributed by atoms with van der Waals surface area (Å²) in [5.74, 6) is 0. The van der Waals surface area contributed by atoms with E-state index in [4.69, 9.17) is 5.73 Å². The molecule has 0 radical (unpaired) electrons. The maximum absolute atomic E-state index is 10.4. The third-order valence-electron chi connectivity index (χ3n) is 3.41. The second kappa shape index (κ2) is 5.27. The van der Waals surface area contributed by atoms with Gasteiger partial charge in [-0.3, -0.25) is 0 Å². The molecule has 0 heterocycles. The van der Waals surface area contributed by atoms with Gasteiger partial charge in [-0.2, -0.15) is 0 Å². The van der Waals surface area contributed by atoms with E-state index in [1.165, 1.54) is 6.42 Å². The van der Waals surface area contributed by atoms with Gasteiger partial charge in [0.05, 0.1) is 17.0 Å². The van der Waals surface area contributed by atoms with E-state index in [2.05, 4.69) is 21.2 Å². The molecule has 1 saturated carbocycles. The SMILES string of the molecule is Nc1cc(Br)ccc1NCC1(O)CCCCC1. The molecule has 2 rings (SSSR count). The molecule has 0 aromatic heterocycles. The van der Waals surface area contributed by atoms with Gasteiger partial charge in [0.2, 0.25) is 0 Å². The Morgan fingerprint density at radius 2 is 2.00 bits per heavy atom. The minimum absolute atomic E-state index is 0.558. The number of rotatable bonds is 3. The van der Waals surface area contributed by atoms with Crippen molar-refractivity contribution in [3.8, 4) is 0 Å². The van der Waals surface area contributed by atoms with Crippen LogP contribution in [0.1, 0.15) is 32.1 Å². The third-order valence-corrected chi connectivity index (χ3v) is 3.90. The van der Waals surface area contributed by atoms with E-state index in [-0.39, 0.29) is 0 Å². The number of nitrogens with two attached hydrogens (primary N) is 1. The van der Waals surface area contributed by atoms with Gasteiger partial charge in [-0.1, -0.05) is 35.2 Å². The van der Waals surface area contributed by atoms with Gasteiger partial charge >= 0.3 is 0 Å². The van der Waals surface area contributed by atoms with Gasteiger partial charge in [0.15, 0.2) is 0 Å². The monoisotopic (exact) mass is 298 g/mol. The summed E-state index contributed by atoms with van der Waals surface area (Å²) in [4.78, 5) is 0. The highest BCUT2D eigenvalue weighted by Gasteiger charge is 2.28. The first kappa shape index (κ1) is 12.7. The van der Waals surface area contributed by atoms with Crippen LogP contribution in [-0.2, 0) is 0 Å². The predicted molar refractivity (Wildman–Crippen MR) is 75.1 cm³/mol. The van der Waals surface area contributed by atoms with E-state index in [0.29, 0.717) is 12.2 Å². The molecule has 0 unspecified atom stereocenters. The van der Waals surface area contributed by atoms with Gasteiger partial charge < -0.3 is 16.2 Å². The second-order valence-corrected chi connectivity index (χ2v) is 5.79. The van der Waals surface area contributed by atoms with Crippen LogP contribution in [0.25, 0.3) is 0 Å². The number of nitrogens with one attached hydrogen (secondary N) is 1. The van der Waals surface area contributed by atoms with Gasteiger partial charge in [-0.05, 0) is 31.0 Å². The summed E-state index contributed by atoms with van der Waals surface area (Å²) in [6.07, 6.45) is 5.25. The van der Waals surface area contributed by atoms with Crippen molar-refractivity contribution in [1.82, 2.24) is 0 Å². The fourth-order valence-electron chi connectivity index (χ4n) is 2.34. The molecular formula is C13H19BrN2O. The van der Waals surface area contributed by atoms with Crippen molar-refractivity contribution in [2.75, 3.05) is 17.6 Å². The molecule has 0 bridgehead atoms. The highest BCUT2D eigenvalue weighted by molar-refractivity contribution is 9.10. The average Bonchev–Trinajstić information content (AvgIpc) is 2.29. The molecule has 3 nitrogen and oxygen atoms in total. The maximum atomic E-state index is 10.4. The lowest BCUT2D eigenvalue weighted by Gasteiger charge is -2.32. The highest BCUT2D eigenvalue weighted by Crippen LogP contribution is 2.29. The second-order valence-electron chi connectivity index (χ2n) is 4.87. The van der Waals surface area contributed by atoms with Crippen LogP contribution < -0.4 is 11.1 Å². The molecule has 0 amide bonds. The standard InChI is InChI=1S/C13H19BrN2O/c14-10-4-5-12(11(15)8-10)16-9-13(17)6-2-1-3-7-13/h4-5,8,16-17H,1-3,6-7,9,15H2. The largest absolute Gasteiger partial charge is 0.397 e. The smallest absolute Gasteiger partial charge is 0.0819 e. The van der Waals surface area contributed by atoms with Crippen LogP contribution in [-0.4, -0.2) is 17.3 Å². The van der Waals surface area contributed by atoms with Gasteiger partial charge in [-0.25, -0.2) is 0 Å². The molecule has 1 fully saturated rings. The molecule has 1 aromatic carbocycles. The van der Waals surface area contributed by atoms with Gasteiger partial charge in [0, 0.05) is 11.0 Å². The first-order valence-electron chi connectivity index (χ1n) is 6.10. The normalized spacial score (nSPS) is 18.9. The Bertz CT molecular complexity index is 389. The van der Waals surface area contributed by atoms with Crippen LogP contribution in [0.4, 0.5) is 11.4 Å². The molecule has 4 N–H and O–H groups in total. The van der Waals surface area contributed by atoms with Gasteiger partial charge in [0.25, 0.3) is 0 Å². The summed E-state index contributed by atoms with van der Waals surface area (Å²) in [7, 11) is 0. The molecular weight excluding hydrogens is 280 g/mol. The number of benzene rings is 1. The highest BCUT2D eigenvalue weighted by atomic mass is 79.9. The molecule has 1 aliphatic carbocycles. The van der Waals surface area contributed by atoms with E-state index in [0.717, 1.165) is 35.8 Å². The molecule has 1 aromatic rings. The van der Waals surface area contributed by atoms with Crippen molar-refractivity contribution in [2.24, 2.45) is 0 Å². The van der Waals surface area contributed by atoms with Crippen LogP contribution in [0.2, 0.25) is 0 Å². The zero-order valence-corrected chi connectivity index (χ0v) is 11.5. The summed E-state index contributed by atoms with van der Waals surface area (Å²) in [5, 5.41) is 13.6. The lowest BCUT2D eigenvalue weighted by Crippen LogP contribution is -2.38. The number of hydrogen-bond donors (Lipinski definition) is 3. The zero-order valence-electron chi connectivity index (χ0n) is 9.88. The lowest BCUT2D eigenvalue weighted by atomic mass is 9.85. The summed E-state index contributed by atoms with van der Waals surface area (Å²) in [6, 6.07) is 5.75. The van der Waals surface area contributed by atoms with E-state index in [1.807, 2.05) is 18.2 Å². The van der Waals surface area contributed by atoms with Crippen molar-refractivity contribution in [3.63, 3.8) is 0 Å². The molecule has 94 valence electrons. The fourth-order valence-corrected chi connectivity index (χ4v) is 2.72. The maximum Gasteiger partial charge on any atom is 0.0819 e. The molecule has 0 atom stereocenters. The number of anilines is 2. The Kier molecular flexibility index (Phi) is 3.94. The quantitative estimate of drug-likeness (QED) is 0.752. The van der Waals surface area contributed by atoms with Crippen molar-refractivity contribution < 1.29 is 5.11 Å². The Balaban J connectivity index is 1.97. The van der Waals surface area contributed by atoms with Crippen LogP contribution in [0, 0.1) is 0 Å². The van der Waals surface area contributed by atoms with E-state index >= 15 is 0 Å². The van der Waals surface area contributed by atoms with E-state index in [9.17, 15) is 5.11 Å². The first-order chi connectivity index (χ1) is 8.09. The molecule has 1 aliphatic rings. The predicted octanol–water partition coefficient (Wildman–Crippen LogP) is 3.14. The van der Waals surface area contributed by atoms with Crippen LogP contribution in [0.15, 0.2) is 22.7 Å². The van der Waals surface area contributed by atoms with Gasteiger partial charge in [-0.15, -0.1) is 0 Å². The lowest BCUT2D eigenvalue weighted by molar-refractivity contribution is 0.0167. The molecule has 4 heteroatoms. The zero-order chi connectivity index (χ0) is 12.3. The number of nitrogen functional groups attached to an aromatic ring is 1. The number of halogens is 1. The van der Waals surface area contributed by atoms with Gasteiger partial charge in [0.1, 0.15) is 0 Å². The van der Waals surface area contributed by atoms with Crippen molar-refractivity contribution in [3.05, 3.63) is 22.7 Å². The summed E-state index contributed by atoms with van der Waals surface area (Å²) < 4.78 is 0.969. The van der Waals surface area contributed by atoms with Crippen LogP contribution in [0.3, 0.4) is 0 Å². The van der Waals surface area contributed by atoms with Crippen molar-refractivity contribution >= 4 is 27.3 Å². The number of hydrogen-bond acceptors (Lipinski definition) is 3. The third kappa shape index (κ3) is 3.36. The average molecular weight is 299 g/mol. The summed E-state index contributed by atoms with van der Waals surface area (Å²) >= 11 is 3.38. The molecule has 17 heavy (non-hydrogen) atoms. The topological polar surface area (TPSA) is 58.3 Å². The Hall–Kier alpha value is -0.740. The van der Waals surface area contributed by atoms with E-state index in [1.54, 1.807) is 0 Å². The fraction of sp³-hybridized carbons (Fsp3) is 0.538. The number of aliphatic hydroxyl groups is 1. The summed E-state index contributed by atoms with van der Waals surface area (Å²) in [5.41, 5.74) is 6.95. The molecule has 0 saturated heterocycles. The summed E-state index contributed by atoms with van der Waals surface area (Å²) in [6.45, 7) is 0.582. The minimum atomic E-state index is -0.558. The first-order valence-corrected chi connectivity index (χ1v) is 6.90. The van der Waals surface area contributed by atoms with Crippen LogP contribution >= 0.6 is 15.9 Å². The Morgan fingerprint density at radius 3 is 2.65 bits per heavy atom. The molecule has 0 spiro atoms. The molecule has 0 aliphatic heterocycles. The van der Waals surface area contributed by atoms with Crippen molar-refractivity contribution in [2.45, 2.75) is 37.7 Å². The minimum Gasteiger partial charge on any atom is -0.397 e. The van der Waals surface area contributed by atoms with E-state index < -0.39 is 5.60 Å². The van der Waals surface area contributed by atoms with Crippen LogP contribution in [0.5, 0.6) is 0 Å². The Morgan fingerprint density at radius 1 is 1.29 bits per heavy atom. The van der Waals surface area contributed by atoms with Crippen molar-refractivity contribution in [1.29, 1.82) is 0 Å².